The van der Waals surface area contributed by atoms with Crippen molar-refractivity contribution in [1.82, 2.24) is 0 Å². The van der Waals surface area contributed by atoms with E-state index in [2.05, 4.69) is 4.74 Å². The van der Waals surface area contributed by atoms with E-state index in [9.17, 15) is 17.5 Å². The van der Waals surface area contributed by atoms with Crippen LogP contribution in [0.15, 0.2) is 24.3 Å². The summed E-state index contributed by atoms with van der Waals surface area (Å²) in [7, 11) is 0. The molecule has 84 valence electrons. The molecule has 0 aromatic heterocycles. The molecule has 0 saturated heterocycles. The van der Waals surface area contributed by atoms with Crippen LogP contribution in [0.1, 0.15) is 5.56 Å². The lowest BCUT2D eigenvalue weighted by Gasteiger charge is -2.11. The normalized spacial score (nSPS) is 12.8. The van der Waals surface area contributed by atoms with E-state index in [1.807, 2.05) is 0 Å². The molecule has 1 rings (SSSR count). The number of alkyl halides is 2. The van der Waals surface area contributed by atoms with Gasteiger partial charge in [0.1, 0.15) is 5.75 Å². The fourth-order valence-corrected chi connectivity index (χ4v) is 1.50. The van der Waals surface area contributed by atoms with Gasteiger partial charge in [0.05, 0.1) is 0 Å². The highest BCUT2D eigenvalue weighted by Crippen LogP contribution is 2.20. The highest BCUT2D eigenvalue weighted by molar-refractivity contribution is 7.79. The zero-order valence-corrected chi connectivity index (χ0v) is 8.51. The van der Waals surface area contributed by atoms with Crippen molar-refractivity contribution in [3.8, 4) is 5.75 Å². The molecule has 1 aromatic rings. The van der Waals surface area contributed by atoms with Crippen LogP contribution >= 0.6 is 0 Å². The van der Waals surface area contributed by atoms with Gasteiger partial charge in [-0.15, -0.1) is 0 Å². The Morgan fingerprint density at radius 1 is 1.40 bits per heavy atom. The molecule has 6 heteroatoms. The van der Waals surface area contributed by atoms with E-state index in [0.29, 0.717) is 5.56 Å². The summed E-state index contributed by atoms with van der Waals surface area (Å²) in [5.41, 5.74) is 0.460. The van der Waals surface area contributed by atoms with Gasteiger partial charge in [-0.25, -0.2) is 0 Å². The predicted octanol–water partition coefficient (Wildman–Crippen LogP) is 1.71. The lowest BCUT2D eigenvalue weighted by molar-refractivity contribution is -0.0504. The monoisotopic (exact) mass is 235 g/mol. The third-order valence-corrected chi connectivity index (χ3v) is 2.26. The first-order valence-electron chi connectivity index (χ1n) is 4.18. The third kappa shape index (κ3) is 4.35. The van der Waals surface area contributed by atoms with Gasteiger partial charge in [0.25, 0.3) is 0 Å². The molecule has 0 saturated carbocycles. The lowest BCUT2D eigenvalue weighted by atomic mass is 10.1. The molecule has 3 nitrogen and oxygen atoms in total. The van der Waals surface area contributed by atoms with Gasteiger partial charge in [-0.05, 0) is 18.1 Å². The molecular formula is C9H9F2O3S-. The second-order valence-corrected chi connectivity index (χ2v) is 3.76. The number of ether oxygens (including phenoxy) is 1. The summed E-state index contributed by atoms with van der Waals surface area (Å²) in [6, 6.07) is 6.14. The van der Waals surface area contributed by atoms with E-state index in [1.54, 1.807) is 18.2 Å². The molecule has 1 aromatic carbocycles. The summed E-state index contributed by atoms with van der Waals surface area (Å²) in [6.07, 6.45) is 0.166. The van der Waals surface area contributed by atoms with Crippen LogP contribution in [0.25, 0.3) is 0 Å². The van der Waals surface area contributed by atoms with Gasteiger partial charge in [0, 0.05) is 5.75 Å². The van der Waals surface area contributed by atoms with Crippen molar-refractivity contribution in [2.75, 3.05) is 5.75 Å². The number of benzene rings is 1. The fourth-order valence-electron chi connectivity index (χ4n) is 1.11. The fraction of sp³-hybridized carbons (Fsp3) is 0.333. The van der Waals surface area contributed by atoms with Gasteiger partial charge < -0.3 is 9.29 Å². The Bertz CT molecular complexity index is 344. The first-order chi connectivity index (χ1) is 7.09. The quantitative estimate of drug-likeness (QED) is 0.730. The molecule has 0 aliphatic carbocycles. The van der Waals surface area contributed by atoms with E-state index >= 15 is 0 Å². The maximum Gasteiger partial charge on any atom is 0.387 e. The summed E-state index contributed by atoms with van der Waals surface area (Å²) >= 11 is -2.18. The minimum atomic E-state index is -2.90. The van der Waals surface area contributed by atoms with Crippen molar-refractivity contribution in [2.24, 2.45) is 0 Å². The molecule has 0 amide bonds. The van der Waals surface area contributed by atoms with Gasteiger partial charge in [-0.1, -0.05) is 29.3 Å². The average molecular weight is 235 g/mol. The molecular weight excluding hydrogens is 226 g/mol. The second-order valence-electron chi connectivity index (χ2n) is 2.74. The largest absolute Gasteiger partial charge is 0.772 e. The summed E-state index contributed by atoms with van der Waals surface area (Å²) in [5.74, 6) is -0.0816. The number of hydrogen-bond acceptors (Lipinski definition) is 3. The van der Waals surface area contributed by atoms with E-state index in [4.69, 9.17) is 0 Å². The van der Waals surface area contributed by atoms with Crippen LogP contribution < -0.4 is 4.74 Å². The van der Waals surface area contributed by atoms with Crippen LogP contribution in [0, 0.1) is 0 Å². The highest BCUT2D eigenvalue weighted by Gasteiger charge is 2.08. The van der Waals surface area contributed by atoms with Gasteiger partial charge in [0.15, 0.2) is 0 Å². The van der Waals surface area contributed by atoms with Gasteiger partial charge in [-0.2, -0.15) is 8.78 Å². The van der Waals surface area contributed by atoms with Crippen molar-refractivity contribution < 1.29 is 22.3 Å². The Balaban J connectivity index is 2.72. The Morgan fingerprint density at radius 2 is 2.07 bits per heavy atom. The van der Waals surface area contributed by atoms with Gasteiger partial charge in [0.2, 0.25) is 0 Å². The summed E-state index contributed by atoms with van der Waals surface area (Å²) < 4.78 is 48.8. The van der Waals surface area contributed by atoms with Crippen LogP contribution in [0.4, 0.5) is 8.78 Å². The number of halogens is 2. The Labute approximate surface area is 88.3 Å². The molecule has 0 bridgehead atoms. The zero-order chi connectivity index (χ0) is 11.3. The molecule has 0 aliphatic heterocycles. The molecule has 0 N–H and O–H groups in total. The first kappa shape index (κ1) is 12.1. The SMILES string of the molecule is O=S([O-])CCc1ccccc1OC(F)F. The number of aryl methyl sites for hydroxylation is 1. The third-order valence-electron chi connectivity index (χ3n) is 1.73. The summed E-state index contributed by atoms with van der Waals surface area (Å²) in [6.45, 7) is -2.90. The Kier molecular flexibility index (Phi) is 4.64. The van der Waals surface area contributed by atoms with Crippen LogP contribution in [-0.4, -0.2) is 21.1 Å². The van der Waals surface area contributed by atoms with Crippen LogP contribution in [0.3, 0.4) is 0 Å². The summed E-state index contributed by atoms with van der Waals surface area (Å²) in [5, 5.41) is 0. The molecule has 0 radical (unpaired) electrons. The predicted molar refractivity (Wildman–Crippen MR) is 50.6 cm³/mol. The molecule has 0 aliphatic rings. The van der Waals surface area contributed by atoms with Gasteiger partial charge >= 0.3 is 6.61 Å². The first-order valence-corrected chi connectivity index (χ1v) is 5.42. The number of para-hydroxylation sites is 1. The zero-order valence-electron chi connectivity index (χ0n) is 7.69. The number of hydrogen-bond donors (Lipinski definition) is 0. The Hall–Kier alpha value is -1.01. The van der Waals surface area contributed by atoms with Crippen molar-refractivity contribution in [2.45, 2.75) is 13.0 Å². The lowest BCUT2D eigenvalue weighted by Crippen LogP contribution is -2.06. The average Bonchev–Trinajstić information content (AvgIpc) is 2.15. The molecule has 1 unspecified atom stereocenters. The minimum absolute atomic E-state index is 0.0259. The van der Waals surface area contributed by atoms with Crippen LogP contribution in [-0.2, 0) is 17.5 Å². The highest BCUT2D eigenvalue weighted by atomic mass is 32.2. The summed E-state index contributed by atoms with van der Waals surface area (Å²) in [4.78, 5) is 0. The van der Waals surface area contributed by atoms with Crippen LogP contribution in [0.2, 0.25) is 0 Å². The maximum absolute atomic E-state index is 12.0. The molecule has 1 atom stereocenters. The van der Waals surface area contributed by atoms with E-state index in [-0.39, 0.29) is 17.9 Å². The topological polar surface area (TPSA) is 49.4 Å². The van der Waals surface area contributed by atoms with Crippen LogP contribution in [0.5, 0.6) is 5.75 Å². The molecule has 0 fully saturated rings. The van der Waals surface area contributed by atoms with Crippen molar-refractivity contribution in [3.05, 3.63) is 29.8 Å². The standard InChI is InChI=1S/C9H10F2O3S/c10-9(11)14-8-4-2-1-3-7(8)5-6-15(12)13/h1-4,9H,5-6H2,(H,12,13)/p-1. The number of rotatable bonds is 5. The van der Waals surface area contributed by atoms with Crippen molar-refractivity contribution in [1.29, 1.82) is 0 Å². The molecule has 0 heterocycles. The Morgan fingerprint density at radius 3 is 2.67 bits per heavy atom. The van der Waals surface area contributed by atoms with E-state index in [1.165, 1.54) is 6.07 Å². The minimum Gasteiger partial charge on any atom is -0.772 e. The van der Waals surface area contributed by atoms with E-state index in [0.717, 1.165) is 0 Å². The molecule has 15 heavy (non-hydrogen) atoms. The van der Waals surface area contributed by atoms with E-state index < -0.39 is 17.7 Å². The molecule has 0 spiro atoms. The van der Waals surface area contributed by atoms with Crippen molar-refractivity contribution in [3.63, 3.8) is 0 Å². The smallest absolute Gasteiger partial charge is 0.387 e. The second kappa shape index (κ2) is 5.77. The maximum atomic E-state index is 12.0. The van der Waals surface area contributed by atoms with Gasteiger partial charge in [-0.3, -0.25) is 4.21 Å². The van der Waals surface area contributed by atoms with Crippen molar-refractivity contribution >= 4 is 11.1 Å².